The second kappa shape index (κ2) is 6.50. The van der Waals surface area contributed by atoms with E-state index in [2.05, 4.69) is 9.88 Å². The molecule has 0 bridgehead atoms. The standard InChI is InChI=1S/C15H20N2O2/c1-12-16-14(11-19-12)10-17(2)9-8-15(18)13-6-4-3-5-7-13/h3-7,11,15,18H,8-10H2,1-2H3/t15-/m0/s1. The van der Waals surface area contributed by atoms with Crippen LogP contribution in [0.4, 0.5) is 0 Å². The molecular weight excluding hydrogens is 240 g/mol. The lowest BCUT2D eigenvalue weighted by Gasteiger charge is -2.17. The third-order valence-electron chi connectivity index (χ3n) is 3.07. The molecule has 4 heteroatoms. The van der Waals surface area contributed by atoms with Gasteiger partial charge in [0.25, 0.3) is 0 Å². The van der Waals surface area contributed by atoms with Crippen molar-refractivity contribution in [3.63, 3.8) is 0 Å². The SMILES string of the molecule is Cc1nc(CN(C)CC[C@H](O)c2ccccc2)co1. The van der Waals surface area contributed by atoms with E-state index < -0.39 is 6.10 Å². The number of aryl methyl sites for hydroxylation is 1. The number of benzene rings is 1. The van der Waals surface area contributed by atoms with Gasteiger partial charge in [0.15, 0.2) is 5.89 Å². The average molecular weight is 260 g/mol. The first-order chi connectivity index (χ1) is 9.15. The first kappa shape index (κ1) is 13.8. The van der Waals surface area contributed by atoms with Gasteiger partial charge < -0.3 is 14.4 Å². The van der Waals surface area contributed by atoms with Crippen molar-refractivity contribution in [3.8, 4) is 0 Å². The van der Waals surface area contributed by atoms with E-state index in [0.717, 1.165) is 24.3 Å². The van der Waals surface area contributed by atoms with Crippen molar-refractivity contribution < 1.29 is 9.52 Å². The summed E-state index contributed by atoms with van der Waals surface area (Å²) in [6.07, 6.45) is 1.97. The second-order valence-corrected chi connectivity index (χ2v) is 4.81. The Balaban J connectivity index is 1.79. The fourth-order valence-electron chi connectivity index (χ4n) is 2.02. The smallest absolute Gasteiger partial charge is 0.191 e. The predicted molar refractivity (Wildman–Crippen MR) is 73.6 cm³/mol. The van der Waals surface area contributed by atoms with Crippen LogP contribution >= 0.6 is 0 Å². The zero-order valence-corrected chi connectivity index (χ0v) is 11.4. The summed E-state index contributed by atoms with van der Waals surface area (Å²) in [7, 11) is 2.02. The van der Waals surface area contributed by atoms with Gasteiger partial charge in [-0.05, 0) is 19.0 Å². The summed E-state index contributed by atoms with van der Waals surface area (Å²) < 4.78 is 5.17. The Morgan fingerprint density at radius 1 is 1.32 bits per heavy atom. The molecule has 1 heterocycles. The maximum absolute atomic E-state index is 10.1. The molecule has 0 amide bonds. The zero-order chi connectivity index (χ0) is 13.7. The van der Waals surface area contributed by atoms with Crippen LogP contribution in [0.25, 0.3) is 0 Å². The minimum atomic E-state index is -0.414. The molecular formula is C15H20N2O2. The monoisotopic (exact) mass is 260 g/mol. The van der Waals surface area contributed by atoms with E-state index in [9.17, 15) is 5.11 Å². The van der Waals surface area contributed by atoms with Crippen LogP contribution in [0.5, 0.6) is 0 Å². The molecule has 2 rings (SSSR count). The number of aliphatic hydroxyl groups excluding tert-OH is 1. The maximum Gasteiger partial charge on any atom is 0.191 e. The lowest BCUT2D eigenvalue weighted by Crippen LogP contribution is -2.21. The van der Waals surface area contributed by atoms with Crippen LogP contribution in [0.1, 0.15) is 29.7 Å². The topological polar surface area (TPSA) is 49.5 Å². The lowest BCUT2D eigenvalue weighted by molar-refractivity contribution is 0.147. The van der Waals surface area contributed by atoms with Crippen molar-refractivity contribution in [1.29, 1.82) is 0 Å². The molecule has 1 aromatic heterocycles. The van der Waals surface area contributed by atoms with Crippen LogP contribution in [0.15, 0.2) is 41.0 Å². The van der Waals surface area contributed by atoms with E-state index in [1.807, 2.05) is 44.3 Å². The first-order valence-electron chi connectivity index (χ1n) is 6.47. The summed E-state index contributed by atoms with van der Waals surface area (Å²) in [4.78, 5) is 6.39. The molecule has 0 unspecified atom stereocenters. The number of nitrogens with zero attached hydrogens (tertiary/aromatic N) is 2. The van der Waals surface area contributed by atoms with Gasteiger partial charge in [-0.2, -0.15) is 0 Å². The van der Waals surface area contributed by atoms with Crippen molar-refractivity contribution in [2.45, 2.75) is 26.0 Å². The number of hydrogen-bond donors (Lipinski definition) is 1. The molecule has 102 valence electrons. The third kappa shape index (κ3) is 4.19. The van der Waals surface area contributed by atoms with Crippen LogP contribution < -0.4 is 0 Å². The largest absolute Gasteiger partial charge is 0.449 e. The maximum atomic E-state index is 10.1. The Morgan fingerprint density at radius 3 is 2.68 bits per heavy atom. The van der Waals surface area contributed by atoms with Gasteiger partial charge in [0, 0.05) is 20.0 Å². The van der Waals surface area contributed by atoms with Gasteiger partial charge in [-0.25, -0.2) is 4.98 Å². The van der Waals surface area contributed by atoms with E-state index >= 15 is 0 Å². The summed E-state index contributed by atoms with van der Waals surface area (Å²) >= 11 is 0. The lowest BCUT2D eigenvalue weighted by atomic mass is 10.1. The summed E-state index contributed by atoms with van der Waals surface area (Å²) in [5.41, 5.74) is 1.89. The number of oxazole rings is 1. The van der Waals surface area contributed by atoms with Crippen molar-refractivity contribution in [1.82, 2.24) is 9.88 Å². The molecule has 0 saturated heterocycles. The van der Waals surface area contributed by atoms with Crippen molar-refractivity contribution in [2.75, 3.05) is 13.6 Å². The summed E-state index contributed by atoms with van der Waals surface area (Å²) in [5.74, 6) is 0.688. The first-order valence-corrected chi connectivity index (χ1v) is 6.47. The highest BCUT2D eigenvalue weighted by molar-refractivity contribution is 5.17. The van der Waals surface area contributed by atoms with E-state index in [4.69, 9.17) is 4.42 Å². The molecule has 0 fully saturated rings. The van der Waals surface area contributed by atoms with E-state index in [-0.39, 0.29) is 0 Å². The van der Waals surface area contributed by atoms with Gasteiger partial charge in [-0.3, -0.25) is 0 Å². The van der Waals surface area contributed by atoms with Crippen LogP contribution in [0, 0.1) is 6.92 Å². The molecule has 19 heavy (non-hydrogen) atoms. The van der Waals surface area contributed by atoms with Crippen molar-refractivity contribution >= 4 is 0 Å². The number of aromatic nitrogens is 1. The van der Waals surface area contributed by atoms with Crippen LogP contribution in [-0.4, -0.2) is 28.6 Å². The molecule has 1 aromatic carbocycles. The molecule has 0 aliphatic rings. The molecule has 2 aromatic rings. The Hall–Kier alpha value is -1.65. The summed E-state index contributed by atoms with van der Waals surface area (Å²) in [5, 5.41) is 10.1. The zero-order valence-electron chi connectivity index (χ0n) is 11.4. The van der Waals surface area contributed by atoms with Crippen molar-refractivity contribution in [2.24, 2.45) is 0 Å². The highest BCUT2D eigenvalue weighted by atomic mass is 16.3. The summed E-state index contributed by atoms with van der Waals surface area (Å²) in [6, 6.07) is 9.74. The average Bonchev–Trinajstić information content (AvgIpc) is 2.82. The molecule has 0 radical (unpaired) electrons. The van der Waals surface area contributed by atoms with E-state index in [1.165, 1.54) is 0 Å². The third-order valence-corrected chi connectivity index (χ3v) is 3.07. The van der Waals surface area contributed by atoms with E-state index in [1.54, 1.807) is 6.26 Å². The molecule has 0 aliphatic heterocycles. The molecule has 4 nitrogen and oxygen atoms in total. The van der Waals surface area contributed by atoms with Gasteiger partial charge in [0.1, 0.15) is 6.26 Å². The normalized spacial score (nSPS) is 12.8. The Kier molecular flexibility index (Phi) is 4.71. The Morgan fingerprint density at radius 2 is 2.05 bits per heavy atom. The second-order valence-electron chi connectivity index (χ2n) is 4.81. The molecule has 0 spiro atoms. The minimum Gasteiger partial charge on any atom is -0.449 e. The number of hydrogen-bond acceptors (Lipinski definition) is 4. The molecule has 0 saturated carbocycles. The van der Waals surface area contributed by atoms with Crippen molar-refractivity contribution in [3.05, 3.63) is 53.7 Å². The van der Waals surface area contributed by atoms with Crippen LogP contribution in [0.2, 0.25) is 0 Å². The van der Waals surface area contributed by atoms with Gasteiger partial charge >= 0.3 is 0 Å². The number of aliphatic hydroxyl groups is 1. The van der Waals surface area contributed by atoms with E-state index in [0.29, 0.717) is 12.3 Å². The fourth-order valence-corrected chi connectivity index (χ4v) is 2.02. The highest BCUT2D eigenvalue weighted by Crippen LogP contribution is 2.16. The van der Waals surface area contributed by atoms with Gasteiger partial charge in [-0.1, -0.05) is 30.3 Å². The fraction of sp³-hybridized carbons (Fsp3) is 0.400. The van der Waals surface area contributed by atoms with Crippen LogP contribution in [0.3, 0.4) is 0 Å². The van der Waals surface area contributed by atoms with Gasteiger partial charge in [0.2, 0.25) is 0 Å². The highest BCUT2D eigenvalue weighted by Gasteiger charge is 2.10. The number of rotatable bonds is 6. The molecule has 1 atom stereocenters. The van der Waals surface area contributed by atoms with Gasteiger partial charge in [-0.15, -0.1) is 0 Å². The molecule has 0 aliphatic carbocycles. The predicted octanol–water partition coefficient (Wildman–Crippen LogP) is 2.54. The molecule has 1 N–H and O–H groups in total. The Labute approximate surface area is 113 Å². The quantitative estimate of drug-likeness (QED) is 0.867. The van der Waals surface area contributed by atoms with Gasteiger partial charge in [0.05, 0.1) is 11.8 Å². The Bertz CT molecular complexity index is 496. The van der Waals surface area contributed by atoms with Crippen LogP contribution in [-0.2, 0) is 6.54 Å². The summed E-state index contributed by atoms with van der Waals surface area (Å²) in [6.45, 7) is 3.38. The minimum absolute atomic E-state index is 0.414.